The molecule has 0 radical (unpaired) electrons. The van der Waals surface area contributed by atoms with Crippen LogP contribution < -0.4 is 10.6 Å². The number of hydrogen-bond donors (Lipinski definition) is 2. The minimum atomic E-state index is -0.789. The quantitative estimate of drug-likeness (QED) is 0.848. The third kappa shape index (κ3) is 3.86. The normalized spacial score (nSPS) is 16.0. The molecule has 0 spiro atoms. The second-order valence-electron chi connectivity index (χ2n) is 4.97. The van der Waals surface area contributed by atoms with E-state index in [4.69, 9.17) is 22.4 Å². The van der Waals surface area contributed by atoms with Gasteiger partial charge in [0, 0.05) is 32.7 Å². The fraction of sp³-hybridized carbons (Fsp3) is 0.429. The molecule has 114 valence electrons. The molecule has 21 heavy (non-hydrogen) atoms. The summed E-state index contributed by atoms with van der Waals surface area (Å²) in [6.07, 6.45) is 0.143. The minimum absolute atomic E-state index is 0.143. The zero-order valence-electron chi connectivity index (χ0n) is 11.6. The van der Waals surface area contributed by atoms with E-state index >= 15 is 0 Å². The Bertz CT molecular complexity index is 542. The second kappa shape index (κ2) is 6.78. The van der Waals surface area contributed by atoms with Crippen LogP contribution in [0.1, 0.15) is 16.8 Å². The molecule has 0 aliphatic carbocycles. The van der Waals surface area contributed by atoms with Crippen molar-refractivity contribution in [3.63, 3.8) is 0 Å². The van der Waals surface area contributed by atoms with Crippen LogP contribution in [-0.2, 0) is 4.79 Å². The summed E-state index contributed by atoms with van der Waals surface area (Å²) >= 11 is 6.05. The van der Waals surface area contributed by atoms with Gasteiger partial charge in [0.1, 0.15) is 0 Å². The third-order valence-corrected chi connectivity index (χ3v) is 3.91. The number of carboxylic acids is 1. The first-order valence-electron chi connectivity index (χ1n) is 6.76. The number of carbonyl (C=O) groups is 2. The van der Waals surface area contributed by atoms with E-state index in [9.17, 15) is 9.59 Å². The van der Waals surface area contributed by atoms with Gasteiger partial charge < -0.3 is 15.7 Å². The molecule has 1 aromatic rings. The number of piperazine rings is 1. The van der Waals surface area contributed by atoms with Gasteiger partial charge >= 0.3 is 5.97 Å². The lowest BCUT2D eigenvalue weighted by atomic mass is 10.1. The van der Waals surface area contributed by atoms with Crippen LogP contribution in [0.2, 0.25) is 5.02 Å². The maximum Gasteiger partial charge on any atom is 0.304 e. The highest BCUT2D eigenvalue weighted by atomic mass is 35.5. The molecule has 1 saturated heterocycles. The fourth-order valence-corrected chi connectivity index (χ4v) is 2.75. The number of nitrogens with two attached hydrogens (primary N) is 1. The van der Waals surface area contributed by atoms with Gasteiger partial charge in [0.15, 0.2) is 0 Å². The average Bonchev–Trinajstić information content (AvgIpc) is 2.45. The van der Waals surface area contributed by atoms with Gasteiger partial charge in [-0.3, -0.25) is 14.5 Å². The van der Waals surface area contributed by atoms with Gasteiger partial charge in [0.2, 0.25) is 0 Å². The topological polar surface area (TPSA) is 86.9 Å². The largest absolute Gasteiger partial charge is 0.481 e. The number of rotatable bonds is 5. The van der Waals surface area contributed by atoms with Gasteiger partial charge in [0.25, 0.3) is 5.91 Å². The van der Waals surface area contributed by atoms with E-state index in [1.165, 1.54) is 0 Å². The van der Waals surface area contributed by atoms with Crippen molar-refractivity contribution in [2.24, 2.45) is 5.73 Å². The molecule has 0 atom stereocenters. The van der Waals surface area contributed by atoms with Gasteiger partial charge in [-0.1, -0.05) is 17.7 Å². The SMILES string of the molecule is NC(=O)c1c(Cl)cccc1N1CCN(CCC(=O)O)CC1. The fourth-order valence-electron chi connectivity index (χ4n) is 2.49. The van der Waals surface area contributed by atoms with E-state index in [0.29, 0.717) is 30.2 Å². The number of anilines is 1. The summed E-state index contributed by atoms with van der Waals surface area (Å²) < 4.78 is 0. The third-order valence-electron chi connectivity index (χ3n) is 3.59. The maximum absolute atomic E-state index is 11.6. The summed E-state index contributed by atoms with van der Waals surface area (Å²) in [7, 11) is 0. The zero-order chi connectivity index (χ0) is 15.4. The molecule has 7 heteroatoms. The van der Waals surface area contributed by atoms with Gasteiger partial charge in [-0.05, 0) is 12.1 Å². The Labute approximate surface area is 128 Å². The Morgan fingerprint density at radius 2 is 1.90 bits per heavy atom. The van der Waals surface area contributed by atoms with Crippen molar-refractivity contribution < 1.29 is 14.7 Å². The molecule has 3 N–H and O–H groups in total. The van der Waals surface area contributed by atoms with E-state index < -0.39 is 11.9 Å². The lowest BCUT2D eigenvalue weighted by Crippen LogP contribution is -2.47. The lowest BCUT2D eigenvalue weighted by Gasteiger charge is -2.36. The molecule has 1 fully saturated rings. The number of halogens is 1. The van der Waals surface area contributed by atoms with Gasteiger partial charge in [-0.25, -0.2) is 0 Å². The predicted molar refractivity (Wildman–Crippen MR) is 80.9 cm³/mol. The Hall–Kier alpha value is -1.79. The molecular formula is C14H18ClN3O3. The zero-order valence-corrected chi connectivity index (χ0v) is 12.3. The molecule has 1 aliphatic rings. The van der Waals surface area contributed by atoms with E-state index in [2.05, 4.69) is 9.80 Å². The molecule has 1 aromatic carbocycles. The van der Waals surface area contributed by atoms with Crippen molar-refractivity contribution in [2.45, 2.75) is 6.42 Å². The van der Waals surface area contributed by atoms with E-state index in [1.807, 2.05) is 6.07 Å². The standard InChI is InChI=1S/C14H18ClN3O3/c15-10-2-1-3-11(13(10)14(16)21)18-8-6-17(7-9-18)5-4-12(19)20/h1-3H,4-9H2,(H2,16,21)(H,19,20). The highest BCUT2D eigenvalue weighted by molar-refractivity contribution is 6.34. The van der Waals surface area contributed by atoms with Crippen LogP contribution in [0.3, 0.4) is 0 Å². The molecule has 6 nitrogen and oxygen atoms in total. The first-order chi connectivity index (χ1) is 9.99. The molecule has 2 rings (SSSR count). The molecule has 1 aliphatic heterocycles. The molecule has 1 amide bonds. The van der Waals surface area contributed by atoms with Crippen LogP contribution in [0, 0.1) is 0 Å². The van der Waals surface area contributed by atoms with Crippen molar-refractivity contribution in [1.29, 1.82) is 0 Å². The number of carboxylic acid groups (broad SMARTS) is 1. The summed E-state index contributed by atoms with van der Waals surface area (Å²) in [5, 5.41) is 9.05. The van der Waals surface area contributed by atoms with Crippen molar-refractivity contribution in [3.05, 3.63) is 28.8 Å². The van der Waals surface area contributed by atoms with Crippen LogP contribution in [0.4, 0.5) is 5.69 Å². The first kappa shape index (κ1) is 15.6. The number of benzene rings is 1. The maximum atomic E-state index is 11.6. The van der Waals surface area contributed by atoms with Crippen molar-refractivity contribution in [2.75, 3.05) is 37.6 Å². The number of nitrogens with zero attached hydrogens (tertiary/aromatic N) is 2. The minimum Gasteiger partial charge on any atom is -0.481 e. The Morgan fingerprint density at radius 1 is 1.24 bits per heavy atom. The van der Waals surface area contributed by atoms with Crippen molar-refractivity contribution >= 4 is 29.2 Å². The van der Waals surface area contributed by atoms with Crippen LogP contribution in [0.5, 0.6) is 0 Å². The molecule has 0 aromatic heterocycles. The average molecular weight is 312 g/mol. The highest BCUT2D eigenvalue weighted by Crippen LogP contribution is 2.27. The van der Waals surface area contributed by atoms with Crippen LogP contribution in [0.15, 0.2) is 18.2 Å². The van der Waals surface area contributed by atoms with Gasteiger partial charge in [-0.2, -0.15) is 0 Å². The Morgan fingerprint density at radius 3 is 2.48 bits per heavy atom. The second-order valence-corrected chi connectivity index (χ2v) is 5.38. The molecular weight excluding hydrogens is 294 g/mol. The number of amides is 1. The van der Waals surface area contributed by atoms with Gasteiger partial charge in [-0.15, -0.1) is 0 Å². The molecule has 0 bridgehead atoms. The van der Waals surface area contributed by atoms with Crippen LogP contribution in [0.25, 0.3) is 0 Å². The van der Waals surface area contributed by atoms with Crippen LogP contribution in [-0.4, -0.2) is 54.6 Å². The van der Waals surface area contributed by atoms with Crippen molar-refractivity contribution in [3.8, 4) is 0 Å². The van der Waals surface area contributed by atoms with E-state index in [0.717, 1.165) is 18.8 Å². The van der Waals surface area contributed by atoms with E-state index in [1.54, 1.807) is 12.1 Å². The number of primary amides is 1. The Balaban J connectivity index is 2.04. The van der Waals surface area contributed by atoms with Crippen molar-refractivity contribution in [1.82, 2.24) is 4.90 Å². The molecule has 0 unspecified atom stereocenters. The summed E-state index contributed by atoms with van der Waals surface area (Å²) in [5.41, 5.74) is 6.49. The number of aliphatic carboxylic acids is 1. The first-order valence-corrected chi connectivity index (χ1v) is 7.14. The van der Waals surface area contributed by atoms with Crippen LogP contribution >= 0.6 is 11.6 Å². The number of hydrogen-bond acceptors (Lipinski definition) is 4. The summed E-state index contributed by atoms with van der Waals surface area (Å²) in [6.45, 7) is 3.46. The highest BCUT2D eigenvalue weighted by Gasteiger charge is 2.22. The summed E-state index contributed by atoms with van der Waals surface area (Å²) in [5.74, 6) is -1.33. The monoisotopic (exact) mass is 311 g/mol. The lowest BCUT2D eigenvalue weighted by molar-refractivity contribution is -0.137. The number of carbonyl (C=O) groups excluding carboxylic acids is 1. The molecule has 0 saturated carbocycles. The van der Waals surface area contributed by atoms with E-state index in [-0.39, 0.29) is 6.42 Å². The Kier molecular flexibility index (Phi) is 5.03. The molecule has 1 heterocycles. The summed E-state index contributed by atoms with van der Waals surface area (Å²) in [6, 6.07) is 5.27. The predicted octanol–water partition coefficient (Wildman–Crippen LogP) is 1.04. The summed E-state index contributed by atoms with van der Waals surface area (Å²) in [4.78, 5) is 26.3. The van der Waals surface area contributed by atoms with Gasteiger partial charge in [0.05, 0.1) is 22.7 Å². The smallest absolute Gasteiger partial charge is 0.304 e.